The quantitative estimate of drug-likeness (QED) is 0.446. The molecule has 1 aliphatic rings. The molecule has 1 fully saturated rings. The third kappa shape index (κ3) is 3.91. The second-order valence-electron chi connectivity index (χ2n) is 8.38. The molecule has 0 spiro atoms. The topological polar surface area (TPSA) is 85.7 Å². The van der Waals surface area contributed by atoms with Crippen molar-refractivity contribution in [3.63, 3.8) is 0 Å². The standard InChI is InChI=1S/C25H26N4O4S/c1-15-11-16-12-18(6-7-20(16)29(15)25(31)26-2)33-21-8-9-27-19-13-22(34-23(19)21)24(30)28-10-4-5-17(28)14-32-3/h6-9,11-13,17H,4-5,10,14H2,1-3H3,(H,26,31). The van der Waals surface area contributed by atoms with E-state index in [0.717, 1.165) is 46.2 Å². The molecule has 34 heavy (non-hydrogen) atoms. The lowest BCUT2D eigenvalue weighted by molar-refractivity contribution is 0.0635. The van der Waals surface area contributed by atoms with Gasteiger partial charge in [0.15, 0.2) is 0 Å². The third-order valence-electron chi connectivity index (χ3n) is 6.19. The molecule has 8 nitrogen and oxygen atoms in total. The number of rotatable bonds is 5. The molecule has 1 unspecified atom stereocenters. The highest BCUT2D eigenvalue weighted by Crippen LogP contribution is 2.37. The van der Waals surface area contributed by atoms with E-state index in [9.17, 15) is 9.59 Å². The van der Waals surface area contributed by atoms with Gasteiger partial charge in [0.25, 0.3) is 5.91 Å². The summed E-state index contributed by atoms with van der Waals surface area (Å²) < 4.78 is 14.0. The Morgan fingerprint density at radius 1 is 1.24 bits per heavy atom. The molecular weight excluding hydrogens is 452 g/mol. The van der Waals surface area contributed by atoms with Crippen molar-refractivity contribution in [2.24, 2.45) is 0 Å². The molecule has 9 heteroatoms. The van der Waals surface area contributed by atoms with Gasteiger partial charge in [-0.25, -0.2) is 4.79 Å². The van der Waals surface area contributed by atoms with Crippen LogP contribution >= 0.6 is 11.3 Å². The Hall–Kier alpha value is -3.43. The Bertz CT molecular complexity index is 1390. The molecule has 1 aromatic carbocycles. The molecule has 1 atom stereocenters. The summed E-state index contributed by atoms with van der Waals surface area (Å²) in [6.45, 7) is 3.18. The van der Waals surface area contributed by atoms with E-state index >= 15 is 0 Å². The maximum atomic E-state index is 13.2. The maximum Gasteiger partial charge on any atom is 0.325 e. The maximum absolute atomic E-state index is 13.2. The number of ether oxygens (including phenoxy) is 2. The molecule has 1 N–H and O–H groups in total. The number of carbonyl (C=O) groups excluding carboxylic acids is 2. The van der Waals surface area contributed by atoms with Crippen LogP contribution in [0, 0.1) is 6.92 Å². The summed E-state index contributed by atoms with van der Waals surface area (Å²) >= 11 is 1.40. The molecule has 0 bridgehead atoms. The number of nitrogens with one attached hydrogen (secondary N) is 1. The minimum Gasteiger partial charge on any atom is -0.456 e. The van der Waals surface area contributed by atoms with E-state index in [4.69, 9.17) is 9.47 Å². The fourth-order valence-electron chi connectivity index (χ4n) is 4.61. The number of likely N-dealkylation sites (tertiary alicyclic amines) is 1. The minimum absolute atomic E-state index is 0.0148. The normalized spacial score (nSPS) is 15.9. The summed E-state index contributed by atoms with van der Waals surface area (Å²) in [6.07, 6.45) is 3.63. The van der Waals surface area contributed by atoms with Gasteiger partial charge in [0.05, 0.1) is 33.3 Å². The SMILES string of the molecule is CNC(=O)n1c(C)cc2cc(Oc3ccnc4cc(C(=O)N5CCCC5COC)sc34)ccc21. The van der Waals surface area contributed by atoms with Gasteiger partial charge in [-0.1, -0.05) is 0 Å². The van der Waals surface area contributed by atoms with Crippen molar-refractivity contribution in [3.8, 4) is 11.5 Å². The first-order valence-corrected chi connectivity index (χ1v) is 12.0. The number of hydrogen-bond donors (Lipinski definition) is 1. The van der Waals surface area contributed by atoms with Crippen LogP contribution in [0.15, 0.2) is 42.6 Å². The van der Waals surface area contributed by atoms with Crippen LogP contribution in [0.1, 0.15) is 28.2 Å². The molecule has 3 aromatic heterocycles. The Morgan fingerprint density at radius 2 is 2.09 bits per heavy atom. The highest BCUT2D eigenvalue weighted by Gasteiger charge is 2.30. The van der Waals surface area contributed by atoms with E-state index in [1.54, 1.807) is 24.9 Å². The number of carbonyl (C=O) groups is 2. The summed E-state index contributed by atoms with van der Waals surface area (Å²) in [6, 6.07) is 11.2. The summed E-state index contributed by atoms with van der Waals surface area (Å²) in [7, 11) is 3.28. The number of hydrogen-bond acceptors (Lipinski definition) is 6. The molecule has 0 radical (unpaired) electrons. The Morgan fingerprint density at radius 3 is 2.88 bits per heavy atom. The number of pyridine rings is 1. The second kappa shape index (κ2) is 9.08. The van der Waals surface area contributed by atoms with Gasteiger partial charge in [0.1, 0.15) is 11.5 Å². The second-order valence-corrected chi connectivity index (χ2v) is 9.44. The van der Waals surface area contributed by atoms with Crippen molar-refractivity contribution < 1.29 is 19.1 Å². The van der Waals surface area contributed by atoms with Crippen LogP contribution in [0.2, 0.25) is 0 Å². The average Bonchev–Trinajstić information content (AvgIpc) is 3.55. The van der Waals surface area contributed by atoms with Gasteiger partial charge in [0, 0.05) is 44.0 Å². The van der Waals surface area contributed by atoms with Crippen LogP contribution in [0.5, 0.6) is 11.5 Å². The van der Waals surface area contributed by atoms with Crippen molar-refractivity contribution in [3.05, 3.63) is 53.2 Å². The van der Waals surface area contributed by atoms with Crippen LogP contribution < -0.4 is 10.1 Å². The van der Waals surface area contributed by atoms with E-state index in [0.29, 0.717) is 23.0 Å². The first kappa shape index (κ1) is 22.4. The average molecular weight is 479 g/mol. The van der Waals surface area contributed by atoms with Crippen LogP contribution in [-0.2, 0) is 4.74 Å². The minimum atomic E-state index is -0.182. The van der Waals surface area contributed by atoms with Gasteiger partial charge in [-0.3, -0.25) is 14.3 Å². The van der Waals surface area contributed by atoms with E-state index in [1.807, 2.05) is 48.2 Å². The van der Waals surface area contributed by atoms with Crippen molar-refractivity contribution in [1.82, 2.24) is 19.8 Å². The predicted octanol–water partition coefficient (Wildman–Crippen LogP) is 4.79. The summed E-state index contributed by atoms with van der Waals surface area (Å²) in [5.74, 6) is 1.31. The number of fused-ring (bicyclic) bond motifs is 2. The van der Waals surface area contributed by atoms with Crippen molar-refractivity contribution in [2.45, 2.75) is 25.8 Å². The molecule has 2 amide bonds. The monoisotopic (exact) mass is 478 g/mol. The lowest BCUT2D eigenvalue weighted by atomic mass is 10.2. The van der Waals surface area contributed by atoms with Crippen LogP contribution in [0.3, 0.4) is 0 Å². The fourth-order valence-corrected chi connectivity index (χ4v) is 5.64. The number of aryl methyl sites for hydroxylation is 1. The Balaban J connectivity index is 1.45. The van der Waals surface area contributed by atoms with E-state index in [-0.39, 0.29) is 18.0 Å². The smallest absolute Gasteiger partial charge is 0.325 e. The molecule has 0 aliphatic carbocycles. The lowest BCUT2D eigenvalue weighted by Crippen LogP contribution is -2.37. The zero-order valence-electron chi connectivity index (χ0n) is 19.3. The Kier molecular flexibility index (Phi) is 5.97. The number of methoxy groups -OCH3 is 1. The number of aromatic nitrogens is 2. The van der Waals surface area contributed by atoms with Crippen molar-refractivity contribution >= 4 is 44.4 Å². The highest BCUT2D eigenvalue weighted by atomic mass is 32.1. The number of amides is 2. The molecule has 176 valence electrons. The lowest BCUT2D eigenvalue weighted by Gasteiger charge is -2.23. The largest absolute Gasteiger partial charge is 0.456 e. The van der Waals surface area contributed by atoms with Crippen LogP contribution in [0.4, 0.5) is 4.79 Å². The number of nitrogens with zero attached hydrogens (tertiary/aromatic N) is 3. The molecule has 1 saturated heterocycles. The van der Waals surface area contributed by atoms with E-state index in [2.05, 4.69) is 10.3 Å². The molecule has 4 heterocycles. The van der Waals surface area contributed by atoms with Crippen LogP contribution in [-0.4, -0.2) is 59.7 Å². The third-order valence-corrected chi connectivity index (χ3v) is 7.31. The zero-order valence-corrected chi connectivity index (χ0v) is 20.1. The van der Waals surface area contributed by atoms with Gasteiger partial charge in [-0.2, -0.15) is 0 Å². The fraction of sp³-hybridized carbons (Fsp3) is 0.320. The molecule has 4 aromatic rings. The molecular formula is C25H26N4O4S. The number of thiophene rings is 1. The van der Waals surface area contributed by atoms with Gasteiger partial charge < -0.3 is 19.7 Å². The molecule has 0 saturated carbocycles. The Labute approximate surface area is 201 Å². The number of benzene rings is 1. The first-order chi connectivity index (χ1) is 16.5. The predicted molar refractivity (Wildman–Crippen MR) is 132 cm³/mol. The van der Waals surface area contributed by atoms with Crippen molar-refractivity contribution in [1.29, 1.82) is 0 Å². The van der Waals surface area contributed by atoms with E-state index in [1.165, 1.54) is 11.3 Å². The first-order valence-electron chi connectivity index (χ1n) is 11.2. The van der Waals surface area contributed by atoms with Gasteiger partial charge in [-0.05, 0) is 50.1 Å². The molecule has 1 aliphatic heterocycles. The van der Waals surface area contributed by atoms with Gasteiger partial charge >= 0.3 is 6.03 Å². The highest BCUT2D eigenvalue weighted by molar-refractivity contribution is 7.21. The summed E-state index contributed by atoms with van der Waals surface area (Å²) in [4.78, 5) is 32.4. The van der Waals surface area contributed by atoms with E-state index < -0.39 is 0 Å². The van der Waals surface area contributed by atoms with Crippen molar-refractivity contribution in [2.75, 3.05) is 27.3 Å². The zero-order chi connectivity index (χ0) is 23.8. The summed E-state index contributed by atoms with van der Waals surface area (Å²) in [5, 5.41) is 3.57. The molecule has 5 rings (SSSR count). The summed E-state index contributed by atoms with van der Waals surface area (Å²) in [5.41, 5.74) is 2.38. The van der Waals surface area contributed by atoms with Crippen LogP contribution in [0.25, 0.3) is 21.1 Å². The van der Waals surface area contributed by atoms with Gasteiger partial charge in [0.2, 0.25) is 0 Å². The van der Waals surface area contributed by atoms with Gasteiger partial charge in [-0.15, -0.1) is 11.3 Å².